The Morgan fingerprint density at radius 2 is 1.82 bits per heavy atom. The summed E-state index contributed by atoms with van der Waals surface area (Å²) in [6.07, 6.45) is -2.95. The lowest BCUT2D eigenvalue weighted by Crippen LogP contribution is -2.31. The highest BCUT2D eigenvalue weighted by Gasteiger charge is 2.19. The van der Waals surface area contributed by atoms with E-state index in [4.69, 9.17) is 8.47 Å². The van der Waals surface area contributed by atoms with Crippen LogP contribution in [0.1, 0.15) is 23.6 Å². The maximum atomic E-state index is 12.7. The molecule has 0 radical (unpaired) electrons. The number of nitrogens with zero attached hydrogens (tertiary/aromatic N) is 3. The Balaban J connectivity index is 2.06. The van der Waals surface area contributed by atoms with Gasteiger partial charge in [-0.2, -0.15) is 14.3 Å². The van der Waals surface area contributed by atoms with Gasteiger partial charge in [0.2, 0.25) is 22.9 Å². The average Bonchev–Trinajstić information content (AvgIpc) is 2.64. The second-order valence-electron chi connectivity index (χ2n) is 5.09. The number of carbonyl (C=O) groups is 1. The molecule has 1 aromatic heterocycles. The molecular weight excluding hydrogens is 420 g/mol. The molecule has 2 N–H and O–H groups in total. The van der Waals surface area contributed by atoms with Crippen LogP contribution in [-0.2, 0) is 30.6 Å². The van der Waals surface area contributed by atoms with Crippen LogP contribution in [0.2, 0.25) is 0 Å². The molecule has 28 heavy (non-hydrogen) atoms. The van der Waals surface area contributed by atoms with Gasteiger partial charge in [0, 0.05) is 0 Å². The van der Waals surface area contributed by atoms with Crippen molar-refractivity contribution in [3.8, 4) is 0 Å². The van der Waals surface area contributed by atoms with Crippen LogP contribution < -0.4 is 10.8 Å². The van der Waals surface area contributed by atoms with E-state index in [9.17, 15) is 22.0 Å². The third kappa shape index (κ3) is 5.79. The first-order chi connectivity index (χ1) is 13.2. The number of hydrogen-bond acceptors (Lipinski definition) is 8. The van der Waals surface area contributed by atoms with Gasteiger partial charge in [-0.25, -0.2) is 32.5 Å². The number of amides is 2. The van der Waals surface area contributed by atoms with Gasteiger partial charge in [-0.05, 0) is 31.5 Å². The summed E-state index contributed by atoms with van der Waals surface area (Å²) in [5.41, 5.74) is 2.56. The first-order valence-electron chi connectivity index (χ1n) is 7.45. The fourth-order valence-electron chi connectivity index (χ4n) is 1.88. The summed E-state index contributed by atoms with van der Waals surface area (Å²) >= 11 is -4.13. The van der Waals surface area contributed by atoms with Crippen LogP contribution in [0.3, 0.4) is 0 Å². The number of carbonyl (C=O) groups excluding carboxylic acids is 1. The van der Waals surface area contributed by atoms with Crippen molar-refractivity contribution in [3.63, 3.8) is 0 Å². The van der Waals surface area contributed by atoms with E-state index in [1.165, 1.54) is 26.2 Å². The minimum absolute atomic E-state index is 0.0158. The molecule has 2 unspecified atom stereocenters. The third-order valence-electron chi connectivity index (χ3n) is 3.00. The lowest BCUT2D eigenvalue weighted by Gasteiger charge is -2.10. The first-order valence-corrected chi connectivity index (χ1v) is 9.60. The molecule has 10 nitrogen and oxygen atoms in total. The Bertz CT molecular complexity index is 931. The molecule has 0 aliphatic carbocycles. The molecule has 14 heteroatoms. The molecule has 0 saturated carbocycles. The number of benzene rings is 1. The Hall–Kier alpha value is -2.42. The zero-order valence-corrected chi connectivity index (χ0v) is 16.4. The maximum absolute atomic E-state index is 12.7. The van der Waals surface area contributed by atoms with Crippen LogP contribution in [0.5, 0.6) is 0 Å². The molecule has 0 aliphatic rings. The number of aryl methyl sites for hydroxylation is 2. The van der Waals surface area contributed by atoms with E-state index in [-0.39, 0.29) is 15.6 Å². The fourth-order valence-corrected chi connectivity index (χ4v) is 3.62. The molecule has 2 amide bonds. The molecule has 0 fully saturated rings. The maximum Gasteiger partial charge on any atom is 0.346 e. The lowest BCUT2D eigenvalue weighted by atomic mass is 10.2. The molecule has 0 bridgehead atoms. The molecule has 0 saturated heterocycles. The predicted molar refractivity (Wildman–Crippen MR) is 93.8 cm³/mol. The molecule has 1 heterocycles. The molecule has 0 aliphatic heterocycles. The topological polar surface area (TPSA) is 132 Å². The molecule has 152 valence electrons. The van der Waals surface area contributed by atoms with Crippen LogP contribution in [0.25, 0.3) is 0 Å². The van der Waals surface area contributed by atoms with Crippen LogP contribution in [0.15, 0.2) is 28.0 Å². The molecular formula is C14H15F2N5O5S2. The van der Waals surface area contributed by atoms with Gasteiger partial charge in [-0.1, -0.05) is 6.07 Å². The number of anilines is 1. The summed E-state index contributed by atoms with van der Waals surface area (Å²) in [6, 6.07) is 3.43. The number of nitrogens with one attached hydrogen (secondary N) is 2. The van der Waals surface area contributed by atoms with Crippen LogP contribution in [0.4, 0.5) is 19.5 Å². The van der Waals surface area contributed by atoms with Crippen molar-refractivity contribution in [2.75, 3.05) is 12.4 Å². The Kier molecular flexibility index (Phi) is 7.56. The molecule has 0 spiro atoms. The van der Waals surface area contributed by atoms with Crippen LogP contribution in [0, 0.1) is 13.8 Å². The number of alkyl halides is 2. The minimum Gasteiger partial charge on any atom is -0.290 e. The van der Waals surface area contributed by atoms with E-state index in [0.717, 1.165) is 5.56 Å². The van der Waals surface area contributed by atoms with Crippen LogP contribution >= 0.6 is 0 Å². The molecule has 2 atom stereocenters. The zero-order chi connectivity index (χ0) is 20.8. The van der Waals surface area contributed by atoms with E-state index in [1.807, 2.05) is 5.48 Å². The average molecular weight is 435 g/mol. The summed E-state index contributed by atoms with van der Waals surface area (Å²) in [5.74, 6) is -1.28. The van der Waals surface area contributed by atoms with Crippen molar-refractivity contribution in [3.05, 3.63) is 35.4 Å². The Morgan fingerprint density at radius 3 is 2.46 bits per heavy atom. The molecule has 1 aromatic carbocycles. The van der Waals surface area contributed by atoms with Gasteiger partial charge in [0.05, 0.1) is 16.9 Å². The van der Waals surface area contributed by atoms with E-state index in [0.29, 0.717) is 0 Å². The minimum atomic E-state index is -2.95. The monoisotopic (exact) mass is 435 g/mol. The SMILES string of the molecule is COS(=O)c1cc(C)ccc1S(=O)ONC(=O)Nc1nc(C)nc(C(F)F)n1. The van der Waals surface area contributed by atoms with Gasteiger partial charge < -0.3 is 0 Å². The smallest absolute Gasteiger partial charge is 0.290 e. The van der Waals surface area contributed by atoms with E-state index in [2.05, 4.69) is 20.3 Å². The van der Waals surface area contributed by atoms with Gasteiger partial charge in [0.25, 0.3) is 6.43 Å². The van der Waals surface area contributed by atoms with Gasteiger partial charge >= 0.3 is 6.03 Å². The third-order valence-corrected chi connectivity index (χ3v) is 5.08. The summed E-state index contributed by atoms with van der Waals surface area (Å²) in [6.45, 7) is 3.08. The quantitative estimate of drug-likeness (QED) is 0.630. The largest absolute Gasteiger partial charge is 0.346 e. The number of aromatic nitrogens is 3. The van der Waals surface area contributed by atoms with Crippen LogP contribution in [-0.4, -0.2) is 36.5 Å². The summed E-state index contributed by atoms with van der Waals surface area (Å²) < 4.78 is 59.0. The summed E-state index contributed by atoms with van der Waals surface area (Å²) in [5, 5.41) is 2.05. The van der Waals surface area contributed by atoms with Crippen molar-refractivity contribution >= 4 is 34.1 Å². The van der Waals surface area contributed by atoms with E-state index >= 15 is 0 Å². The highest BCUT2D eigenvalue weighted by atomic mass is 32.2. The van der Waals surface area contributed by atoms with Crippen molar-refractivity contribution in [1.29, 1.82) is 0 Å². The Labute approximate surface area is 163 Å². The van der Waals surface area contributed by atoms with Crippen molar-refractivity contribution < 1.29 is 30.5 Å². The first kappa shape index (κ1) is 21.9. The number of hydroxylamine groups is 1. The number of halogens is 2. The lowest BCUT2D eigenvalue weighted by molar-refractivity contribution is 0.140. The normalized spacial score (nSPS) is 13.2. The van der Waals surface area contributed by atoms with Crippen molar-refractivity contribution in [2.24, 2.45) is 0 Å². The summed E-state index contributed by atoms with van der Waals surface area (Å²) in [4.78, 5) is 22.4. The second kappa shape index (κ2) is 9.68. The highest BCUT2D eigenvalue weighted by Crippen LogP contribution is 2.20. The van der Waals surface area contributed by atoms with Gasteiger partial charge in [0.15, 0.2) is 11.1 Å². The van der Waals surface area contributed by atoms with Gasteiger partial charge in [-0.15, -0.1) is 0 Å². The Morgan fingerprint density at radius 1 is 1.11 bits per heavy atom. The fraction of sp³-hybridized carbons (Fsp3) is 0.286. The highest BCUT2D eigenvalue weighted by molar-refractivity contribution is 7.83. The number of hydrogen-bond donors (Lipinski definition) is 2. The van der Waals surface area contributed by atoms with E-state index < -0.39 is 46.4 Å². The predicted octanol–water partition coefficient (Wildman–Crippen LogP) is 1.87. The van der Waals surface area contributed by atoms with E-state index in [1.54, 1.807) is 13.0 Å². The van der Waals surface area contributed by atoms with Crippen molar-refractivity contribution in [2.45, 2.75) is 30.1 Å². The van der Waals surface area contributed by atoms with Gasteiger partial charge in [-0.3, -0.25) is 9.50 Å². The second-order valence-corrected chi connectivity index (χ2v) is 7.41. The van der Waals surface area contributed by atoms with Crippen molar-refractivity contribution in [1.82, 2.24) is 20.4 Å². The molecule has 2 rings (SSSR count). The van der Waals surface area contributed by atoms with Gasteiger partial charge in [0.1, 0.15) is 5.82 Å². The number of rotatable bonds is 7. The number of urea groups is 1. The zero-order valence-electron chi connectivity index (χ0n) is 14.8. The standard InChI is InChI=1S/C14H15F2N5O5S2/c1-7-4-5-9(10(6-7)27(23)25-3)28(24)26-21-14(22)20-13-18-8(2)17-12(19-13)11(15)16/h4-6,11H,1-3H3,(H2,17,18,19,20,21,22). The molecule has 2 aromatic rings. The summed E-state index contributed by atoms with van der Waals surface area (Å²) in [7, 11) is 1.21.